The van der Waals surface area contributed by atoms with Crippen LogP contribution in [0.1, 0.15) is 16.1 Å². The SMILES string of the molecule is [2H]C[C@H]1O[C@@H]([3H])C[C@H]1O. The van der Waals surface area contributed by atoms with E-state index in [2.05, 4.69) is 0 Å². The normalized spacial score (nSPS) is 56.4. The molecule has 3 atom stereocenters. The van der Waals surface area contributed by atoms with Crippen molar-refractivity contribution in [1.29, 1.82) is 0 Å². The van der Waals surface area contributed by atoms with Crippen LogP contribution >= 0.6 is 0 Å². The van der Waals surface area contributed by atoms with E-state index in [-0.39, 0.29) is 6.90 Å². The van der Waals surface area contributed by atoms with E-state index >= 15 is 0 Å². The van der Waals surface area contributed by atoms with Crippen molar-refractivity contribution in [3.05, 3.63) is 0 Å². The zero-order chi connectivity index (χ0) is 6.85. The molecule has 1 saturated heterocycles. The number of aliphatic hydroxyl groups is 1. The van der Waals surface area contributed by atoms with E-state index < -0.39 is 18.8 Å². The molecule has 0 amide bonds. The highest BCUT2D eigenvalue weighted by atomic mass is 16.5. The van der Waals surface area contributed by atoms with Gasteiger partial charge in [0.05, 0.1) is 13.6 Å². The van der Waals surface area contributed by atoms with Crippen molar-refractivity contribution in [2.45, 2.75) is 25.5 Å². The fourth-order valence-corrected chi connectivity index (χ4v) is 0.520. The summed E-state index contributed by atoms with van der Waals surface area (Å²) in [5.74, 6) is 0. The van der Waals surface area contributed by atoms with Gasteiger partial charge in [0.25, 0.3) is 0 Å². The minimum Gasteiger partial charge on any atom is -0.390 e. The van der Waals surface area contributed by atoms with Gasteiger partial charge in [-0.25, -0.2) is 0 Å². The first-order valence-electron chi connectivity index (χ1n) is 3.57. The quantitative estimate of drug-likeness (QED) is 0.475. The van der Waals surface area contributed by atoms with Gasteiger partial charge in [-0.3, -0.25) is 0 Å². The highest BCUT2D eigenvalue weighted by Crippen LogP contribution is 2.10. The molecule has 0 aromatic carbocycles. The standard InChI is InChI=1S/C5H10O2/c1-4-5(6)2-3-7-4/h4-6H,2-3H2,1H3/t4-,5-/m1/s1/i1D,3T/t3-,4+,5+/m0. The van der Waals surface area contributed by atoms with Crippen molar-refractivity contribution in [3.63, 3.8) is 0 Å². The predicted molar refractivity (Wildman–Crippen MR) is 26.0 cm³/mol. The van der Waals surface area contributed by atoms with Gasteiger partial charge in [0.2, 0.25) is 0 Å². The predicted octanol–water partition coefficient (Wildman–Crippen LogP) is 0.156. The minimum atomic E-state index is -0.615. The molecule has 0 unspecified atom stereocenters. The lowest BCUT2D eigenvalue weighted by Gasteiger charge is -2.03. The van der Waals surface area contributed by atoms with Gasteiger partial charge in [0, 0.05) is 7.95 Å². The molecule has 0 bridgehead atoms. The summed E-state index contributed by atoms with van der Waals surface area (Å²) < 4.78 is 18.7. The van der Waals surface area contributed by atoms with Crippen LogP contribution in [0.4, 0.5) is 0 Å². The summed E-state index contributed by atoms with van der Waals surface area (Å²) in [6.07, 6.45) is -0.665. The van der Waals surface area contributed by atoms with E-state index in [1.54, 1.807) is 0 Å². The third kappa shape index (κ3) is 0.924. The molecule has 7 heavy (non-hydrogen) atoms. The molecule has 0 spiro atoms. The second kappa shape index (κ2) is 1.80. The van der Waals surface area contributed by atoms with E-state index in [1.807, 2.05) is 0 Å². The molecule has 1 N–H and O–H groups in total. The molecule has 2 heteroatoms. The van der Waals surface area contributed by atoms with Gasteiger partial charge in [-0.05, 0) is 13.3 Å². The largest absolute Gasteiger partial charge is 0.390 e. The maximum Gasteiger partial charge on any atom is 0.0821 e. The zero-order valence-corrected chi connectivity index (χ0v) is 4.00. The fraction of sp³-hybridized carbons (Fsp3) is 1.00. The van der Waals surface area contributed by atoms with E-state index in [0.29, 0.717) is 6.42 Å². The lowest BCUT2D eigenvalue weighted by atomic mass is 10.2. The first kappa shape index (κ1) is 3.05. The van der Waals surface area contributed by atoms with Gasteiger partial charge >= 0.3 is 0 Å². The van der Waals surface area contributed by atoms with Crippen molar-refractivity contribution in [3.8, 4) is 0 Å². The highest BCUT2D eigenvalue weighted by Gasteiger charge is 2.20. The number of ether oxygens (including phenoxy) is 1. The van der Waals surface area contributed by atoms with Crippen LogP contribution in [-0.2, 0) is 4.74 Å². The van der Waals surface area contributed by atoms with Gasteiger partial charge in [-0.2, -0.15) is 0 Å². The van der Waals surface area contributed by atoms with Crippen molar-refractivity contribution in [1.82, 2.24) is 0 Å². The van der Waals surface area contributed by atoms with Gasteiger partial charge in [0.15, 0.2) is 0 Å². The van der Waals surface area contributed by atoms with Crippen LogP contribution in [0.15, 0.2) is 0 Å². The number of rotatable bonds is 0. The van der Waals surface area contributed by atoms with E-state index in [4.69, 9.17) is 12.6 Å². The van der Waals surface area contributed by atoms with Crippen molar-refractivity contribution in [2.24, 2.45) is 0 Å². The van der Waals surface area contributed by atoms with Crippen LogP contribution in [-0.4, -0.2) is 23.9 Å². The molecule has 1 fully saturated rings. The van der Waals surface area contributed by atoms with Crippen LogP contribution in [0.3, 0.4) is 0 Å². The van der Waals surface area contributed by atoms with Gasteiger partial charge in [0.1, 0.15) is 0 Å². The Morgan fingerprint density at radius 3 is 3.43 bits per heavy atom. The molecule has 1 aliphatic heterocycles. The Bertz CT molecular complexity index is 99.0. The van der Waals surface area contributed by atoms with Crippen molar-refractivity contribution >= 4 is 0 Å². The molecule has 1 aliphatic rings. The summed E-state index contributed by atoms with van der Waals surface area (Å²) in [7, 11) is 0. The lowest BCUT2D eigenvalue weighted by Crippen LogP contribution is -2.15. The van der Waals surface area contributed by atoms with Gasteiger partial charge in [-0.15, -0.1) is 0 Å². The molecular weight excluding hydrogens is 92.1 g/mol. The maximum absolute atomic E-state index is 8.99. The zero-order valence-electron chi connectivity index (χ0n) is 6.00. The van der Waals surface area contributed by atoms with Gasteiger partial charge < -0.3 is 9.84 Å². The van der Waals surface area contributed by atoms with Crippen LogP contribution in [0.25, 0.3) is 0 Å². The molecule has 2 nitrogen and oxygen atoms in total. The van der Waals surface area contributed by atoms with Crippen LogP contribution < -0.4 is 0 Å². The number of aliphatic hydroxyl groups excluding tert-OH is 1. The second-order valence-corrected chi connectivity index (χ2v) is 1.64. The average Bonchev–Trinajstić information content (AvgIpc) is 2.10. The Morgan fingerprint density at radius 1 is 2.29 bits per heavy atom. The third-order valence-corrected chi connectivity index (χ3v) is 1.04. The molecule has 0 aromatic heterocycles. The monoisotopic (exact) mass is 105 g/mol. The Labute approximate surface area is 45.9 Å². The molecular formula is C5H10O2. The molecule has 42 valence electrons. The second-order valence-electron chi connectivity index (χ2n) is 1.64. The van der Waals surface area contributed by atoms with E-state index in [9.17, 15) is 0 Å². The Morgan fingerprint density at radius 2 is 3.14 bits per heavy atom. The van der Waals surface area contributed by atoms with Crippen LogP contribution in [0.2, 0.25) is 0 Å². The molecule has 0 saturated carbocycles. The maximum atomic E-state index is 8.99. The Kier molecular flexibility index (Phi) is 0.784. The van der Waals surface area contributed by atoms with Gasteiger partial charge in [-0.1, -0.05) is 0 Å². The first-order valence-corrected chi connectivity index (χ1v) is 2.29. The fourth-order valence-electron chi connectivity index (χ4n) is 0.520. The summed E-state index contributed by atoms with van der Waals surface area (Å²) in [5, 5.41) is 8.99. The van der Waals surface area contributed by atoms with Crippen LogP contribution in [0.5, 0.6) is 0 Å². The van der Waals surface area contributed by atoms with E-state index in [0.717, 1.165) is 0 Å². The molecule has 0 radical (unpaired) electrons. The van der Waals surface area contributed by atoms with E-state index in [1.165, 1.54) is 0 Å². The summed E-state index contributed by atoms with van der Waals surface area (Å²) in [6, 6.07) is 0. The molecule has 1 heterocycles. The van der Waals surface area contributed by atoms with Crippen LogP contribution in [0, 0.1) is 0 Å². The summed E-state index contributed by atoms with van der Waals surface area (Å²) >= 11 is 0. The summed E-state index contributed by atoms with van der Waals surface area (Å²) in [5.41, 5.74) is 0. The van der Waals surface area contributed by atoms with Crippen molar-refractivity contribution in [2.75, 3.05) is 6.58 Å². The number of hydrogen-bond donors (Lipinski definition) is 1. The smallest absolute Gasteiger partial charge is 0.0821 e. The summed E-state index contributed by atoms with van der Waals surface area (Å²) in [4.78, 5) is 0. The average molecular weight is 105 g/mol. The number of hydrogen-bond acceptors (Lipinski definition) is 2. The highest BCUT2D eigenvalue weighted by molar-refractivity contribution is 4.69. The molecule has 0 aromatic rings. The Balaban J connectivity index is 2.38. The topological polar surface area (TPSA) is 29.5 Å². The summed E-state index contributed by atoms with van der Waals surface area (Å²) in [6.45, 7) is -0.563. The lowest BCUT2D eigenvalue weighted by molar-refractivity contribution is 0.0556. The molecule has 1 rings (SSSR count). The van der Waals surface area contributed by atoms with Crippen molar-refractivity contribution < 1.29 is 12.6 Å². The third-order valence-electron chi connectivity index (χ3n) is 1.04. The Hall–Kier alpha value is -0.0800. The first-order chi connectivity index (χ1) is 4.24. The minimum absolute atomic E-state index is 0.0521. The molecule has 0 aliphatic carbocycles.